The van der Waals surface area contributed by atoms with Gasteiger partial charge >= 0.3 is 6.18 Å². The van der Waals surface area contributed by atoms with E-state index in [2.05, 4.69) is 11.3 Å². The highest BCUT2D eigenvalue weighted by molar-refractivity contribution is 7.83. The van der Waals surface area contributed by atoms with Crippen molar-refractivity contribution in [2.45, 2.75) is 32.5 Å². The number of alkyl halides is 3. The topological polar surface area (TPSA) is 29.1 Å². The molecule has 0 aliphatic rings. The Hall–Kier alpha value is -0.360. The molecule has 90 valence electrons. The molecule has 0 fully saturated rings. The molecule has 2 atom stereocenters. The molecule has 0 saturated carbocycles. The van der Waals surface area contributed by atoms with Crippen LogP contribution in [-0.4, -0.2) is 22.2 Å². The Bertz CT molecular complexity index is 228. The minimum absolute atomic E-state index is 0.0935. The van der Waals surface area contributed by atoms with Gasteiger partial charge in [0.05, 0.1) is 11.0 Å². The van der Waals surface area contributed by atoms with Gasteiger partial charge in [-0.05, 0) is 12.3 Å². The lowest BCUT2D eigenvalue weighted by Gasteiger charge is -2.20. The van der Waals surface area contributed by atoms with Crippen molar-refractivity contribution in [1.29, 1.82) is 0 Å². The van der Waals surface area contributed by atoms with Crippen LogP contribution in [0.1, 0.15) is 20.3 Å². The van der Waals surface area contributed by atoms with Crippen molar-refractivity contribution in [2.75, 3.05) is 5.75 Å². The highest BCUT2D eigenvalue weighted by Gasteiger charge is 2.39. The molecule has 0 saturated heterocycles. The summed E-state index contributed by atoms with van der Waals surface area (Å²) >= 11 is 0. The average Bonchev–Trinajstić information content (AvgIpc) is 2.00. The van der Waals surface area contributed by atoms with Crippen LogP contribution in [0.4, 0.5) is 13.2 Å². The number of hydrogen-bond donors (Lipinski definition) is 1. The smallest absolute Gasteiger partial charge is 0.243 e. The molecular weight excluding hydrogens is 227 g/mol. The molecule has 0 amide bonds. The summed E-state index contributed by atoms with van der Waals surface area (Å²) in [5, 5.41) is 0. The predicted molar refractivity (Wildman–Crippen MR) is 55.6 cm³/mol. The molecule has 1 N–H and O–H groups in total. The molecule has 0 spiro atoms. The Kier molecular flexibility index (Phi) is 6.12. The SMILES string of the molecule is C=CC[C@H](N[S@@](=O)CC(C)C)C(F)(F)F. The van der Waals surface area contributed by atoms with Gasteiger partial charge in [0.2, 0.25) is 0 Å². The quantitative estimate of drug-likeness (QED) is 0.713. The van der Waals surface area contributed by atoms with Crippen molar-refractivity contribution in [1.82, 2.24) is 4.72 Å². The van der Waals surface area contributed by atoms with E-state index in [1.165, 1.54) is 0 Å². The van der Waals surface area contributed by atoms with Gasteiger partial charge in [0.25, 0.3) is 0 Å². The molecule has 15 heavy (non-hydrogen) atoms. The van der Waals surface area contributed by atoms with Crippen LogP contribution < -0.4 is 4.72 Å². The minimum Gasteiger partial charge on any atom is -0.243 e. The highest BCUT2D eigenvalue weighted by Crippen LogP contribution is 2.23. The molecule has 0 aromatic rings. The van der Waals surface area contributed by atoms with Gasteiger partial charge in [-0.1, -0.05) is 19.9 Å². The largest absolute Gasteiger partial charge is 0.405 e. The highest BCUT2D eigenvalue weighted by atomic mass is 32.2. The molecule has 0 heterocycles. The van der Waals surface area contributed by atoms with Gasteiger partial charge in [0.1, 0.15) is 6.04 Å². The number of halogens is 3. The van der Waals surface area contributed by atoms with Gasteiger partial charge in [-0.3, -0.25) is 0 Å². The number of nitrogens with one attached hydrogen (secondary N) is 1. The average molecular weight is 243 g/mol. The van der Waals surface area contributed by atoms with Gasteiger partial charge in [-0.2, -0.15) is 13.2 Å². The predicted octanol–water partition coefficient (Wildman–Crippen LogP) is 2.40. The first kappa shape index (κ1) is 14.6. The van der Waals surface area contributed by atoms with E-state index in [4.69, 9.17) is 0 Å². The zero-order chi connectivity index (χ0) is 12.1. The van der Waals surface area contributed by atoms with Gasteiger partial charge < -0.3 is 0 Å². The van der Waals surface area contributed by atoms with Crippen LogP contribution in [0.3, 0.4) is 0 Å². The second-order valence-electron chi connectivity index (χ2n) is 3.64. The minimum atomic E-state index is -4.39. The Labute approximate surface area is 90.5 Å². The molecule has 0 radical (unpaired) electrons. The van der Waals surface area contributed by atoms with E-state index in [9.17, 15) is 17.4 Å². The van der Waals surface area contributed by atoms with E-state index < -0.39 is 23.2 Å². The molecule has 0 aromatic carbocycles. The fourth-order valence-corrected chi connectivity index (χ4v) is 2.17. The molecule has 0 aliphatic heterocycles. The van der Waals surface area contributed by atoms with E-state index in [0.29, 0.717) is 0 Å². The Morgan fingerprint density at radius 2 is 2.00 bits per heavy atom. The third kappa shape index (κ3) is 6.67. The monoisotopic (exact) mass is 243 g/mol. The lowest BCUT2D eigenvalue weighted by molar-refractivity contribution is -0.150. The maximum Gasteiger partial charge on any atom is 0.405 e. The van der Waals surface area contributed by atoms with Crippen LogP contribution in [0.25, 0.3) is 0 Å². The number of rotatable bonds is 6. The summed E-state index contributed by atoms with van der Waals surface area (Å²) in [5.41, 5.74) is 0. The fraction of sp³-hybridized carbons (Fsp3) is 0.778. The fourth-order valence-electron chi connectivity index (χ4n) is 0.925. The first-order valence-electron chi connectivity index (χ1n) is 4.59. The lowest BCUT2D eigenvalue weighted by atomic mass is 10.2. The van der Waals surface area contributed by atoms with Gasteiger partial charge in [0.15, 0.2) is 0 Å². The molecule has 0 aromatic heterocycles. The van der Waals surface area contributed by atoms with Crippen molar-refractivity contribution in [3.63, 3.8) is 0 Å². The Morgan fingerprint density at radius 3 is 2.33 bits per heavy atom. The summed E-state index contributed by atoms with van der Waals surface area (Å²) < 4.78 is 50.4. The molecule has 2 nitrogen and oxygen atoms in total. The van der Waals surface area contributed by atoms with E-state index >= 15 is 0 Å². The molecule has 6 heteroatoms. The summed E-state index contributed by atoms with van der Waals surface area (Å²) in [6.45, 7) is 6.85. The van der Waals surface area contributed by atoms with Crippen LogP contribution in [0, 0.1) is 5.92 Å². The third-order valence-electron chi connectivity index (χ3n) is 1.56. The van der Waals surface area contributed by atoms with E-state index in [0.717, 1.165) is 6.08 Å². The second kappa shape index (κ2) is 6.27. The zero-order valence-electron chi connectivity index (χ0n) is 8.80. The van der Waals surface area contributed by atoms with Crippen molar-refractivity contribution in [2.24, 2.45) is 5.92 Å². The molecular formula is C9H16F3NOS. The summed E-state index contributed by atoms with van der Waals surface area (Å²) in [6, 6.07) is -1.77. The van der Waals surface area contributed by atoms with Gasteiger partial charge in [-0.15, -0.1) is 6.58 Å². The normalized spacial score (nSPS) is 16.4. The second-order valence-corrected chi connectivity index (χ2v) is 4.90. The van der Waals surface area contributed by atoms with Gasteiger partial charge in [0, 0.05) is 5.75 Å². The Morgan fingerprint density at radius 1 is 1.47 bits per heavy atom. The van der Waals surface area contributed by atoms with Crippen molar-refractivity contribution in [3.05, 3.63) is 12.7 Å². The molecule has 0 aliphatic carbocycles. The third-order valence-corrected chi connectivity index (χ3v) is 3.07. The summed E-state index contributed by atoms with van der Waals surface area (Å²) in [5.74, 6) is 0.305. The molecule has 0 bridgehead atoms. The van der Waals surface area contributed by atoms with E-state index in [1.807, 2.05) is 0 Å². The first-order valence-corrected chi connectivity index (χ1v) is 5.91. The van der Waals surface area contributed by atoms with Crippen LogP contribution >= 0.6 is 0 Å². The molecule has 0 rings (SSSR count). The maximum atomic E-state index is 12.4. The van der Waals surface area contributed by atoms with Crippen molar-refractivity contribution >= 4 is 11.0 Å². The summed E-state index contributed by atoms with van der Waals surface area (Å²) in [7, 11) is -1.65. The molecule has 0 unspecified atom stereocenters. The van der Waals surface area contributed by atoms with E-state index in [-0.39, 0.29) is 18.1 Å². The standard InChI is InChI=1S/C9H16F3NOS/c1-4-5-8(9(10,11)12)13-15(14)6-7(2)3/h4,7-8,13H,1,5-6H2,2-3H3/t8-,15-/m0/s1. The Balaban J connectivity index is 4.29. The first-order chi connectivity index (χ1) is 6.77. The van der Waals surface area contributed by atoms with E-state index in [1.54, 1.807) is 13.8 Å². The van der Waals surface area contributed by atoms with Crippen LogP contribution in [0.15, 0.2) is 12.7 Å². The summed E-state index contributed by atoms with van der Waals surface area (Å²) in [4.78, 5) is 0. The van der Waals surface area contributed by atoms with Crippen molar-refractivity contribution in [3.8, 4) is 0 Å². The van der Waals surface area contributed by atoms with Crippen LogP contribution in [-0.2, 0) is 11.0 Å². The summed E-state index contributed by atoms with van der Waals surface area (Å²) in [6.07, 6.45) is -3.49. The number of hydrogen-bond acceptors (Lipinski definition) is 1. The lowest BCUT2D eigenvalue weighted by Crippen LogP contribution is -2.43. The van der Waals surface area contributed by atoms with Gasteiger partial charge in [-0.25, -0.2) is 8.93 Å². The van der Waals surface area contributed by atoms with Crippen LogP contribution in [0.2, 0.25) is 0 Å². The zero-order valence-corrected chi connectivity index (χ0v) is 9.62. The van der Waals surface area contributed by atoms with Crippen molar-refractivity contribution < 1.29 is 17.4 Å². The maximum absolute atomic E-state index is 12.4. The van der Waals surface area contributed by atoms with Crippen LogP contribution in [0.5, 0.6) is 0 Å².